The fraction of sp³-hybridized carbons (Fsp3) is 0.462. The Kier molecular flexibility index (Phi) is 4.16. The molecule has 3 nitrogen and oxygen atoms in total. The van der Waals surface area contributed by atoms with E-state index in [4.69, 9.17) is 9.53 Å². The molecule has 0 radical (unpaired) electrons. The zero-order chi connectivity index (χ0) is 14.1. The van der Waals surface area contributed by atoms with Crippen LogP contribution in [0.25, 0.3) is 0 Å². The number of rotatable bonds is 3. The molecule has 18 heavy (non-hydrogen) atoms. The summed E-state index contributed by atoms with van der Waals surface area (Å²) in [5.74, 6) is -1.49. The van der Waals surface area contributed by atoms with Crippen molar-refractivity contribution in [3.8, 4) is 5.75 Å². The average Bonchev–Trinajstić information content (AvgIpc) is 2.13. The first-order valence-electron chi connectivity index (χ1n) is 5.87. The van der Waals surface area contributed by atoms with Crippen LogP contribution in [-0.4, -0.2) is 20.1 Å². The molecule has 0 unspecified atom stereocenters. The summed E-state index contributed by atoms with van der Waals surface area (Å²) in [5.41, 5.74) is -0.477. The molecule has 0 saturated carbocycles. The number of halogens is 1. The van der Waals surface area contributed by atoms with Gasteiger partial charge in [0.1, 0.15) is 11.6 Å². The Morgan fingerprint density at radius 2 is 1.89 bits per heavy atom. The predicted octanol–water partition coefficient (Wildman–Crippen LogP) is 3.18. The van der Waals surface area contributed by atoms with Crippen molar-refractivity contribution in [2.24, 2.45) is 0 Å². The summed E-state index contributed by atoms with van der Waals surface area (Å²) in [6, 6.07) is 2.82. The summed E-state index contributed by atoms with van der Waals surface area (Å²) >= 11 is 0. The fourth-order valence-corrected chi connectivity index (χ4v) is 2.48. The Morgan fingerprint density at radius 1 is 1.33 bits per heavy atom. The van der Waals surface area contributed by atoms with Crippen LogP contribution in [0.5, 0.6) is 5.75 Å². The lowest BCUT2D eigenvalue weighted by molar-refractivity contribution is 0.0691. The van der Waals surface area contributed by atoms with E-state index in [1.807, 2.05) is 33.9 Å². The second kappa shape index (κ2) is 5.10. The van der Waals surface area contributed by atoms with Crippen LogP contribution in [0, 0.1) is 5.82 Å². The lowest BCUT2D eigenvalue weighted by atomic mass is 9.85. The molecule has 0 saturated heterocycles. The number of carbonyl (C=O) groups is 1. The minimum absolute atomic E-state index is 0.308. The Balaban J connectivity index is 3.47. The van der Waals surface area contributed by atoms with E-state index in [9.17, 15) is 9.18 Å². The zero-order valence-electron chi connectivity index (χ0n) is 11.4. The third kappa shape index (κ3) is 3.10. The van der Waals surface area contributed by atoms with Gasteiger partial charge in [-0.15, -0.1) is 0 Å². The summed E-state index contributed by atoms with van der Waals surface area (Å²) in [6.07, 6.45) is 0. The Hall–Kier alpha value is -1.36. The first-order chi connectivity index (χ1) is 8.14. The van der Waals surface area contributed by atoms with Crippen molar-refractivity contribution < 1.29 is 18.7 Å². The van der Waals surface area contributed by atoms with Crippen LogP contribution >= 0.6 is 0 Å². The molecule has 0 heterocycles. The molecule has 0 fully saturated rings. The van der Waals surface area contributed by atoms with Crippen molar-refractivity contribution in [2.75, 3.05) is 0 Å². The van der Waals surface area contributed by atoms with Gasteiger partial charge in [-0.2, -0.15) is 0 Å². The summed E-state index contributed by atoms with van der Waals surface area (Å²) in [6.45, 7) is 9.48. The Labute approximate surface area is 108 Å². The van der Waals surface area contributed by atoms with E-state index in [1.165, 1.54) is 6.07 Å². The Bertz CT molecular complexity index is 464. The maximum atomic E-state index is 14.3. The van der Waals surface area contributed by atoms with E-state index in [0.717, 1.165) is 0 Å². The first kappa shape index (κ1) is 14.7. The third-order valence-electron chi connectivity index (χ3n) is 2.45. The molecule has 0 aliphatic rings. The van der Waals surface area contributed by atoms with E-state index >= 15 is 0 Å². The zero-order valence-corrected chi connectivity index (χ0v) is 12.5. The monoisotopic (exact) mass is 270 g/mol. The molecule has 1 aromatic carbocycles. The highest BCUT2D eigenvalue weighted by Crippen LogP contribution is 2.35. The highest BCUT2D eigenvalue weighted by Gasteiger charge is 2.27. The van der Waals surface area contributed by atoms with Crippen molar-refractivity contribution in [1.29, 1.82) is 0 Å². The topological polar surface area (TPSA) is 46.5 Å². The lowest BCUT2D eigenvalue weighted by Gasteiger charge is -2.25. The highest BCUT2D eigenvalue weighted by atomic mass is 28.3. The SMILES string of the molecule is C[SiH](C)Oc1ccc(C(=O)O)c(F)c1C(C)(C)C. The van der Waals surface area contributed by atoms with Crippen LogP contribution in [0.1, 0.15) is 36.7 Å². The van der Waals surface area contributed by atoms with E-state index in [1.54, 1.807) is 6.07 Å². The molecule has 0 aromatic heterocycles. The first-order valence-corrected chi connectivity index (χ1v) is 8.65. The number of carboxylic acid groups (broad SMARTS) is 1. The van der Waals surface area contributed by atoms with Gasteiger partial charge in [0.2, 0.25) is 9.04 Å². The van der Waals surface area contributed by atoms with Gasteiger partial charge in [0.05, 0.1) is 5.56 Å². The van der Waals surface area contributed by atoms with Gasteiger partial charge in [-0.25, -0.2) is 9.18 Å². The largest absolute Gasteiger partial charge is 0.547 e. The average molecular weight is 270 g/mol. The van der Waals surface area contributed by atoms with Crippen LogP contribution in [0.2, 0.25) is 13.1 Å². The van der Waals surface area contributed by atoms with E-state index < -0.39 is 26.2 Å². The number of aromatic carboxylic acids is 1. The second-order valence-electron chi connectivity index (χ2n) is 5.52. The van der Waals surface area contributed by atoms with Gasteiger partial charge in [0.15, 0.2) is 0 Å². The standard InChI is InChI=1S/C13H19FO3Si/c1-13(2,3)10-9(17-18(4)5)7-6-8(11(10)14)12(15)16/h6-7,18H,1-5H3,(H,15,16). The molecule has 0 aliphatic carbocycles. The number of hydrogen-bond acceptors (Lipinski definition) is 2. The van der Waals surface area contributed by atoms with Gasteiger partial charge in [-0.05, 0) is 30.6 Å². The maximum Gasteiger partial charge on any atom is 0.338 e. The number of benzene rings is 1. The van der Waals surface area contributed by atoms with Gasteiger partial charge in [-0.1, -0.05) is 20.8 Å². The molecule has 0 amide bonds. The molecule has 0 atom stereocenters. The molecular weight excluding hydrogens is 251 g/mol. The van der Waals surface area contributed by atoms with Crippen LogP contribution in [0.15, 0.2) is 12.1 Å². The van der Waals surface area contributed by atoms with Gasteiger partial charge >= 0.3 is 5.97 Å². The van der Waals surface area contributed by atoms with Crippen molar-refractivity contribution in [1.82, 2.24) is 0 Å². The van der Waals surface area contributed by atoms with Crippen LogP contribution < -0.4 is 4.43 Å². The second-order valence-corrected chi connectivity index (χ2v) is 7.86. The smallest absolute Gasteiger partial charge is 0.338 e. The molecule has 0 bridgehead atoms. The number of carboxylic acids is 1. The molecule has 1 N–H and O–H groups in total. The van der Waals surface area contributed by atoms with Gasteiger partial charge < -0.3 is 9.53 Å². The lowest BCUT2D eigenvalue weighted by Crippen LogP contribution is -2.21. The fourth-order valence-electron chi connectivity index (χ4n) is 1.77. The minimum Gasteiger partial charge on any atom is -0.547 e. The van der Waals surface area contributed by atoms with Crippen molar-refractivity contribution >= 4 is 15.0 Å². The molecule has 0 aliphatic heterocycles. The van der Waals surface area contributed by atoms with Gasteiger partial charge in [0, 0.05) is 5.56 Å². The van der Waals surface area contributed by atoms with Crippen molar-refractivity contribution in [2.45, 2.75) is 39.3 Å². The normalized spacial score (nSPS) is 11.7. The predicted molar refractivity (Wildman–Crippen MR) is 71.6 cm³/mol. The Morgan fingerprint density at radius 3 is 2.28 bits per heavy atom. The van der Waals surface area contributed by atoms with E-state index in [2.05, 4.69) is 0 Å². The van der Waals surface area contributed by atoms with E-state index in [-0.39, 0.29) is 5.56 Å². The molecule has 100 valence electrons. The van der Waals surface area contributed by atoms with Crippen LogP contribution in [0.4, 0.5) is 4.39 Å². The molecular formula is C13H19FO3Si. The van der Waals surface area contributed by atoms with Crippen LogP contribution in [0.3, 0.4) is 0 Å². The summed E-state index contributed by atoms with van der Waals surface area (Å²) in [5, 5.41) is 8.96. The van der Waals surface area contributed by atoms with Crippen LogP contribution in [-0.2, 0) is 5.41 Å². The maximum absolute atomic E-state index is 14.3. The highest BCUT2D eigenvalue weighted by molar-refractivity contribution is 6.49. The minimum atomic E-state index is -1.37. The van der Waals surface area contributed by atoms with E-state index in [0.29, 0.717) is 11.3 Å². The molecule has 5 heteroatoms. The summed E-state index contributed by atoms with van der Waals surface area (Å²) in [7, 11) is -1.37. The van der Waals surface area contributed by atoms with Gasteiger partial charge in [0.25, 0.3) is 0 Å². The summed E-state index contributed by atoms with van der Waals surface area (Å²) in [4.78, 5) is 11.0. The quantitative estimate of drug-likeness (QED) is 0.858. The summed E-state index contributed by atoms with van der Waals surface area (Å²) < 4.78 is 20.0. The third-order valence-corrected chi connectivity index (χ3v) is 3.17. The van der Waals surface area contributed by atoms with Gasteiger partial charge in [-0.3, -0.25) is 0 Å². The van der Waals surface area contributed by atoms with Crippen molar-refractivity contribution in [3.63, 3.8) is 0 Å². The molecule has 0 spiro atoms. The molecule has 1 aromatic rings. The molecule has 1 rings (SSSR count). The van der Waals surface area contributed by atoms with Crippen molar-refractivity contribution in [3.05, 3.63) is 29.1 Å². The number of hydrogen-bond donors (Lipinski definition) is 1.